The molecule has 8 nitrogen and oxygen atoms in total. The van der Waals surface area contributed by atoms with Gasteiger partial charge in [0.05, 0.1) is 25.0 Å². The lowest BCUT2D eigenvalue weighted by Gasteiger charge is -2.30. The van der Waals surface area contributed by atoms with Crippen LogP contribution in [0.2, 0.25) is 0 Å². The number of aryl methyl sites for hydroxylation is 1. The monoisotopic (exact) mass is 682 g/mol. The van der Waals surface area contributed by atoms with Crippen LogP contribution in [0.15, 0.2) is 71.6 Å². The number of allylic oxidation sites excluding steroid dienone is 2. The first kappa shape index (κ1) is 37.9. The molecular weight excluding hydrogens is 633 g/mol. The van der Waals surface area contributed by atoms with Crippen LogP contribution in [0.1, 0.15) is 81.4 Å². The summed E-state index contributed by atoms with van der Waals surface area (Å²) in [6.45, 7) is 13.1. The van der Waals surface area contributed by atoms with Gasteiger partial charge in [-0.2, -0.15) is 13.2 Å². The van der Waals surface area contributed by atoms with Crippen molar-refractivity contribution < 1.29 is 32.2 Å². The fourth-order valence-electron chi connectivity index (χ4n) is 6.10. The molecule has 0 bridgehead atoms. The van der Waals surface area contributed by atoms with Crippen molar-refractivity contribution in [3.05, 3.63) is 88.4 Å². The standard InChI is InChI=1S/C22H27N3O2.C16H22F3NO2/c1-4-5-6-9-19(17(3)26)18-11-13-24(15-16(18)2)22(27)20-14-23-21-10-7-8-12-25(20)21;1-2-3-13-10-14(16(17,18)19)12-15(11-13)22-9-6-20-4-7-21-8-5-20/h7-10,12,14H,4-6,11,13,15H2,1-3H3;10-12H,2-9H2,1H3/b19-9-;. The van der Waals surface area contributed by atoms with E-state index >= 15 is 0 Å². The predicted octanol–water partition coefficient (Wildman–Crippen LogP) is 7.57. The number of carbonyl (C=O) groups excluding carboxylic acids is 2. The number of aromatic nitrogens is 2. The number of amides is 1. The lowest BCUT2D eigenvalue weighted by Crippen LogP contribution is -2.38. The van der Waals surface area contributed by atoms with Gasteiger partial charge in [0.25, 0.3) is 5.91 Å². The molecule has 0 radical (unpaired) electrons. The third-order valence-corrected chi connectivity index (χ3v) is 8.72. The number of alkyl halides is 3. The number of ether oxygens (including phenoxy) is 2. The Morgan fingerprint density at radius 2 is 1.84 bits per heavy atom. The molecule has 1 fully saturated rings. The molecule has 0 aliphatic carbocycles. The number of imidazole rings is 1. The summed E-state index contributed by atoms with van der Waals surface area (Å²) in [5.74, 6) is 0.389. The van der Waals surface area contributed by atoms with Crippen molar-refractivity contribution in [1.29, 1.82) is 0 Å². The van der Waals surface area contributed by atoms with Crippen molar-refractivity contribution in [2.45, 2.75) is 72.4 Å². The topological polar surface area (TPSA) is 76.4 Å². The molecule has 2 aliphatic heterocycles. The molecule has 2 aliphatic rings. The Bertz CT molecular complexity index is 1620. The number of morpholine rings is 1. The van der Waals surface area contributed by atoms with Crippen LogP contribution < -0.4 is 4.74 Å². The number of Topliss-reactive ketones (excluding diaryl/α,β-unsaturated/α-hetero) is 1. The summed E-state index contributed by atoms with van der Waals surface area (Å²) in [5.41, 5.74) is 4.42. The Morgan fingerprint density at radius 3 is 2.51 bits per heavy atom. The Hall–Kier alpha value is -3.96. The Balaban J connectivity index is 0.000000226. The number of halogens is 3. The number of rotatable bonds is 12. The molecule has 0 N–H and O–H groups in total. The summed E-state index contributed by atoms with van der Waals surface area (Å²) < 4.78 is 51.4. The molecule has 0 saturated carbocycles. The summed E-state index contributed by atoms with van der Waals surface area (Å²) >= 11 is 0. The molecule has 1 saturated heterocycles. The highest BCUT2D eigenvalue weighted by Gasteiger charge is 2.31. The molecule has 1 aromatic carbocycles. The maximum absolute atomic E-state index is 13.0. The second-order valence-corrected chi connectivity index (χ2v) is 12.5. The summed E-state index contributed by atoms with van der Waals surface area (Å²) in [5, 5.41) is 0. The number of pyridine rings is 1. The molecule has 266 valence electrons. The van der Waals surface area contributed by atoms with Gasteiger partial charge in [-0.25, -0.2) is 4.98 Å². The number of ketones is 1. The van der Waals surface area contributed by atoms with Gasteiger partial charge in [-0.05, 0) is 80.2 Å². The molecule has 0 atom stereocenters. The summed E-state index contributed by atoms with van der Waals surface area (Å²) in [6.07, 6.45) is 6.48. The maximum atomic E-state index is 13.0. The van der Waals surface area contributed by atoms with Crippen LogP contribution in [0.4, 0.5) is 13.2 Å². The van der Waals surface area contributed by atoms with Gasteiger partial charge in [0.2, 0.25) is 0 Å². The number of carbonyl (C=O) groups is 2. The van der Waals surface area contributed by atoms with Gasteiger partial charge in [0.15, 0.2) is 5.78 Å². The normalized spacial score (nSPS) is 16.1. The summed E-state index contributed by atoms with van der Waals surface area (Å²) in [7, 11) is 0. The van der Waals surface area contributed by atoms with Gasteiger partial charge in [-0.1, -0.05) is 45.3 Å². The third-order valence-electron chi connectivity index (χ3n) is 8.72. The number of hydrogen-bond acceptors (Lipinski definition) is 6. The smallest absolute Gasteiger partial charge is 0.416 e. The van der Waals surface area contributed by atoms with E-state index in [2.05, 4.69) is 22.9 Å². The van der Waals surface area contributed by atoms with Gasteiger partial charge < -0.3 is 14.4 Å². The largest absolute Gasteiger partial charge is 0.492 e. The average molecular weight is 683 g/mol. The van der Waals surface area contributed by atoms with Crippen molar-refractivity contribution in [3.63, 3.8) is 0 Å². The minimum Gasteiger partial charge on any atom is -0.492 e. The molecule has 11 heteroatoms. The van der Waals surface area contributed by atoms with Crippen LogP contribution in [0, 0.1) is 0 Å². The van der Waals surface area contributed by atoms with Crippen LogP contribution >= 0.6 is 0 Å². The number of benzene rings is 1. The van der Waals surface area contributed by atoms with E-state index in [1.54, 1.807) is 19.2 Å². The average Bonchev–Trinajstić information content (AvgIpc) is 3.51. The second-order valence-electron chi connectivity index (χ2n) is 12.5. The number of hydrogen-bond donors (Lipinski definition) is 0. The Morgan fingerprint density at radius 1 is 1.06 bits per heavy atom. The predicted molar refractivity (Wildman–Crippen MR) is 185 cm³/mol. The van der Waals surface area contributed by atoms with Crippen molar-refractivity contribution in [2.75, 3.05) is 52.5 Å². The molecule has 2 aromatic heterocycles. The molecule has 0 spiro atoms. The van der Waals surface area contributed by atoms with Crippen molar-refractivity contribution in [2.24, 2.45) is 0 Å². The Kier molecular flexibility index (Phi) is 14.0. The molecule has 5 rings (SSSR count). The van der Waals surface area contributed by atoms with E-state index in [4.69, 9.17) is 9.47 Å². The van der Waals surface area contributed by atoms with E-state index in [0.717, 1.165) is 67.2 Å². The van der Waals surface area contributed by atoms with Gasteiger partial charge in [0, 0.05) is 44.5 Å². The van der Waals surface area contributed by atoms with Gasteiger partial charge in [-0.3, -0.25) is 18.9 Å². The molecular formula is C38H49F3N4O4. The Labute approximate surface area is 287 Å². The first-order valence-corrected chi connectivity index (χ1v) is 17.3. The zero-order chi connectivity index (χ0) is 35.4. The number of unbranched alkanes of at least 4 members (excludes halogenated alkanes) is 2. The van der Waals surface area contributed by atoms with Gasteiger partial charge in [0.1, 0.15) is 23.7 Å². The van der Waals surface area contributed by atoms with E-state index < -0.39 is 11.7 Å². The zero-order valence-corrected chi connectivity index (χ0v) is 29.2. The molecule has 0 unspecified atom stereocenters. The number of nitrogens with zero attached hydrogens (tertiary/aromatic N) is 4. The van der Waals surface area contributed by atoms with Gasteiger partial charge >= 0.3 is 6.18 Å². The summed E-state index contributed by atoms with van der Waals surface area (Å²) in [6, 6.07) is 9.68. The maximum Gasteiger partial charge on any atom is 0.416 e. The molecule has 49 heavy (non-hydrogen) atoms. The fraction of sp³-hybridized carbons (Fsp3) is 0.500. The van der Waals surface area contributed by atoms with Crippen molar-refractivity contribution in [3.8, 4) is 5.75 Å². The van der Waals surface area contributed by atoms with E-state index in [-0.39, 0.29) is 11.7 Å². The highest BCUT2D eigenvalue weighted by atomic mass is 19.4. The van der Waals surface area contributed by atoms with Crippen LogP contribution in [0.3, 0.4) is 0 Å². The lowest BCUT2D eigenvalue weighted by molar-refractivity contribution is -0.137. The zero-order valence-electron chi connectivity index (χ0n) is 29.2. The van der Waals surface area contributed by atoms with Crippen LogP contribution in [-0.4, -0.2) is 83.4 Å². The van der Waals surface area contributed by atoms with E-state index in [0.29, 0.717) is 69.3 Å². The number of fused-ring (bicyclic) bond motifs is 1. The summed E-state index contributed by atoms with van der Waals surface area (Å²) in [4.78, 5) is 33.5. The highest BCUT2D eigenvalue weighted by Crippen LogP contribution is 2.33. The van der Waals surface area contributed by atoms with Crippen molar-refractivity contribution >= 4 is 17.3 Å². The van der Waals surface area contributed by atoms with E-state index in [1.165, 1.54) is 6.07 Å². The minimum atomic E-state index is -4.34. The molecule has 4 heterocycles. The van der Waals surface area contributed by atoms with Crippen LogP contribution in [0.25, 0.3) is 5.65 Å². The molecule has 1 amide bonds. The van der Waals surface area contributed by atoms with E-state index in [1.807, 2.05) is 47.5 Å². The molecule has 3 aromatic rings. The van der Waals surface area contributed by atoms with Crippen LogP contribution in [0.5, 0.6) is 5.75 Å². The SMILES string of the molecule is CCCC/C=C(/C(C)=O)C1=C(C)CN(C(=O)c2cnc3ccccn23)CC1.CCCc1cc(OCCN2CCOCC2)cc(C(F)(F)F)c1. The highest BCUT2D eigenvalue weighted by molar-refractivity contribution is 5.98. The fourth-order valence-corrected chi connectivity index (χ4v) is 6.10. The minimum absolute atomic E-state index is 0.0218. The van der Waals surface area contributed by atoms with Crippen molar-refractivity contribution in [1.82, 2.24) is 19.2 Å². The van der Waals surface area contributed by atoms with E-state index in [9.17, 15) is 22.8 Å². The lowest BCUT2D eigenvalue weighted by atomic mass is 9.91. The van der Waals surface area contributed by atoms with Gasteiger partial charge in [-0.15, -0.1) is 0 Å². The first-order chi connectivity index (χ1) is 23.5. The quantitative estimate of drug-likeness (QED) is 0.145. The third kappa shape index (κ3) is 10.8. The first-order valence-electron chi connectivity index (χ1n) is 17.3. The second kappa shape index (κ2) is 18.2. The van der Waals surface area contributed by atoms with Crippen LogP contribution in [-0.2, 0) is 22.1 Å².